The van der Waals surface area contributed by atoms with E-state index in [2.05, 4.69) is 21.2 Å². The Morgan fingerprint density at radius 2 is 2.20 bits per heavy atom. The van der Waals surface area contributed by atoms with Crippen molar-refractivity contribution in [1.82, 2.24) is 0 Å². The minimum absolute atomic E-state index is 0.269. The summed E-state index contributed by atoms with van der Waals surface area (Å²) in [5.41, 5.74) is 0.184. The number of rotatable bonds is 0. The predicted octanol–water partition coefficient (Wildman–Crippen LogP) is 3.56. The second kappa shape index (κ2) is 3.67. The average Bonchev–Trinajstić information content (AvgIpc) is 2.31. The fraction of sp³-hybridized carbons (Fsp3) is 0.455. The second-order valence-corrected chi connectivity index (χ2v) is 5.13. The monoisotopic (exact) mass is 273 g/mol. The number of hydrogen-bond donors (Lipinski definition) is 1. The van der Waals surface area contributed by atoms with Crippen molar-refractivity contribution in [2.24, 2.45) is 0 Å². The molecular weight excluding hydrogens is 261 g/mol. The van der Waals surface area contributed by atoms with Crippen molar-refractivity contribution in [1.29, 1.82) is 0 Å². The van der Waals surface area contributed by atoms with Crippen molar-refractivity contribution in [3.8, 4) is 5.75 Å². The molecule has 1 aromatic carbocycles. The summed E-state index contributed by atoms with van der Waals surface area (Å²) in [4.78, 5) is 0. The van der Waals surface area contributed by atoms with E-state index in [0.29, 0.717) is 18.0 Å². The number of benzene rings is 1. The molecule has 0 fully saturated rings. The number of hydrogen-bond acceptors (Lipinski definition) is 2. The highest BCUT2D eigenvalue weighted by atomic mass is 79.9. The molecule has 4 heteroatoms. The normalized spacial score (nSPS) is 18.4. The summed E-state index contributed by atoms with van der Waals surface area (Å²) in [6, 6.07) is 3.09. The van der Waals surface area contributed by atoms with Crippen molar-refractivity contribution >= 4 is 21.6 Å². The molecule has 1 aliphatic rings. The lowest BCUT2D eigenvalue weighted by atomic mass is 10.1. The average molecular weight is 274 g/mol. The van der Waals surface area contributed by atoms with Gasteiger partial charge >= 0.3 is 0 Å². The highest BCUT2D eigenvalue weighted by Gasteiger charge is 2.27. The molecule has 0 aromatic heterocycles. The SMILES string of the molecule is CC1(C)CCNc2c(F)ccc(Br)c2O1. The van der Waals surface area contributed by atoms with Crippen LogP contribution in [0.25, 0.3) is 0 Å². The van der Waals surface area contributed by atoms with E-state index in [0.717, 1.165) is 10.9 Å². The van der Waals surface area contributed by atoms with Crippen LogP contribution in [0.4, 0.5) is 10.1 Å². The van der Waals surface area contributed by atoms with Crippen LogP contribution in [0.15, 0.2) is 16.6 Å². The van der Waals surface area contributed by atoms with Gasteiger partial charge in [-0.05, 0) is 41.9 Å². The van der Waals surface area contributed by atoms with Gasteiger partial charge in [0.1, 0.15) is 17.1 Å². The standard InChI is InChI=1S/C11H13BrFNO/c1-11(2)5-6-14-9-8(13)4-3-7(12)10(9)15-11/h3-4,14H,5-6H2,1-2H3. The van der Waals surface area contributed by atoms with Crippen LogP contribution < -0.4 is 10.1 Å². The summed E-state index contributed by atoms with van der Waals surface area (Å²) in [5.74, 6) is 0.295. The van der Waals surface area contributed by atoms with Crippen LogP contribution in [0.5, 0.6) is 5.75 Å². The van der Waals surface area contributed by atoms with Gasteiger partial charge in [0.05, 0.1) is 4.47 Å². The van der Waals surface area contributed by atoms with E-state index in [9.17, 15) is 4.39 Å². The summed E-state index contributed by atoms with van der Waals surface area (Å²) >= 11 is 3.37. The van der Waals surface area contributed by atoms with Crippen molar-refractivity contribution in [2.45, 2.75) is 25.9 Å². The van der Waals surface area contributed by atoms with Gasteiger partial charge in [-0.3, -0.25) is 0 Å². The molecule has 0 unspecified atom stereocenters. The van der Waals surface area contributed by atoms with Gasteiger partial charge in [-0.1, -0.05) is 0 Å². The third-order valence-electron chi connectivity index (χ3n) is 2.47. The first-order valence-corrected chi connectivity index (χ1v) is 5.70. The minimum Gasteiger partial charge on any atom is -0.484 e. The zero-order chi connectivity index (χ0) is 11.1. The van der Waals surface area contributed by atoms with Crippen molar-refractivity contribution < 1.29 is 9.13 Å². The molecule has 82 valence electrons. The summed E-state index contributed by atoms with van der Waals surface area (Å²) in [7, 11) is 0. The van der Waals surface area contributed by atoms with Gasteiger partial charge in [0.15, 0.2) is 5.75 Å². The zero-order valence-corrected chi connectivity index (χ0v) is 10.3. The largest absolute Gasteiger partial charge is 0.484 e. The Labute approximate surface area is 96.9 Å². The summed E-state index contributed by atoms with van der Waals surface area (Å²) in [6.45, 7) is 4.72. The van der Waals surface area contributed by atoms with Gasteiger partial charge in [0.25, 0.3) is 0 Å². The maximum atomic E-state index is 13.5. The maximum absolute atomic E-state index is 13.5. The van der Waals surface area contributed by atoms with Gasteiger partial charge in [-0.25, -0.2) is 4.39 Å². The lowest BCUT2D eigenvalue weighted by Crippen LogP contribution is -2.28. The van der Waals surface area contributed by atoms with E-state index >= 15 is 0 Å². The molecule has 0 saturated heterocycles. The molecule has 0 radical (unpaired) electrons. The van der Waals surface area contributed by atoms with E-state index in [1.807, 2.05) is 13.8 Å². The highest BCUT2D eigenvalue weighted by Crippen LogP contribution is 2.40. The molecular formula is C11H13BrFNO. The Morgan fingerprint density at radius 3 is 2.93 bits per heavy atom. The summed E-state index contributed by atoms with van der Waals surface area (Å²) in [5, 5.41) is 3.06. The predicted molar refractivity (Wildman–Crippen MR) is 61.9 cm³/mol. The van der Waals surface area contributed by atoms with Crippen LogP contribution in [-0.4, -0.2) is 12.1 Å². The number of ether oxygens (including phenoxy) is 1. The van der Waals surface area contributed by atoms with Gasteiger partial charge in [-0.2, -0.15) is 0 Å². The molecule has 0 amide bonds. The van der Waals surface area contributed by atoms with Crippen LogP contribution in [-0.2, 0) is 0 Å². The van der Waals surface area contributed by atoms with Gasteiger partial charge in [0, 0.05) is 13.0 Å². The molecule has 1 aromatic rings. The van der Waals surface area contributed by atoms with E-state index in [1.165, 1.54) is 6.07 Å². The molecule has 15 heavy (non-hydrogen) atoms. The molecule has 1 aliphatic heterocycles. The van der Waals surface area contributed by atoms with Gasteiger partial charge in [-0.15, -0.1) is 0 Å². The molecule has 1 N–H and O–H groups in total. The van der Waals surface area contributed by atoms with Crippen LogP contribution in [0.1, 0.15) is 20.3 Å². The summed E-state index contributed by atoms with van der Waals surface area (Å²) < 4.78 is 20.1. The molecule has 0 saturated carbocycles. The van der Waals surface area contributed by atoms with Crippen LogP contribution >= 0.6 is 15.9 Å². The molecule has 0 atom stereocenters. The molecule has 2 rings (SSSR count). The molecule has 1 heterocycles. The number of halogens is 2. The fourth-order valence-corrected chi connectivity index (χ4v) is 2.02. The highest BCUT2D eigenvalue weighted by molar-refractivity contribution is 9.10. The Kier molecular flexibility index (Phi) is 2.63. The van der Waals surface area contributed by atoms with Crippen molar-refractivity contribution in [2.75, 3.05) is 11.9 Å². The lowest BCUT2D eigenvalue weighted by Gasteiger charge is -2.24. The summed E-state index contributed by atoms with van der Waals surface area (Å²) in [6.07, 6.45) is 0.841. The third kappa shape index (κ3) is 2.09. The topological polar surface area (TPSA) is 21.3 Å². The first-order valence-electron chi connectivity index (χ1n) is 4.90. The Bertz CT molecular complexity index is 392. The Hall–Kier alpha value is -0.770. The molecule has 0 spiro atoms. The van der Waals surface area contributed by atoms with Crippen molar-refractivity contribution in [3.63, 3.8) is 0 Å². The van der Waals surface area contributed by atoms with Crippen molar-refractivity contribution in [3.05, 3.63) is 22.4 Å². The minimum atomic E-state index is -0.272. The second-order valence-electron chi connectivity index (χ2n) is 4.27. The van der Waals surface area contributed by atoms with E-state index in [1.54, 1.807) is 6.07 Å². The zero-order valence-electron chi connectivity index (χ0n) is 8.73. The smallest absolute Gasteiger partial charge is 0.160 e. The molecule has 0 aliphatic carbocycles. The van der Waals surface area contributed by atoms with Crippen LogP contribution in [0.3, 0.4) is 0 Å². The maximum Gasteiger partial charge on any atom is 0.160 e. The van der Waals surface area contributed by atoms with Crippen LogP contribution in [0, 0.1) is 5.82 Å². The Morgan fingerprint density at radius 1 is 1.47 bits per heavy atom. The van der Waals surface area contributed by atoms with Crippen LogP contribution in [0.2, 0.25) is 0 Å². The first kappa shape index (κ1) is 10.7. The molecule has 0 bridgehead atoms. The van der Waals surface area contributed by atoms with Gasteiger partial charge in [0.2, 0.25) is 0 Å². The van der Waals surface area contributed by atoms with E-state index in [4.69, 9.17) is 4.74 Å². The number of nitrogens with one attached hydrogen (secondary N) is 1. The number of fused-ring (bicyclic) bond motifs is 1. The van der Waals surface area contributed by atoms with Gasteiger partial charge < -0.3 is 10.1 Å². The first-order chi connectivity index (χ1) is 6.99. The Balaban J connectivity index is 2.51. The lowest BCUT2D eigenvalue weighted by molar-refractivity contribution is 0.107. The molecule has 2 nitrogen and oxygen atoms in total. The van der Waals surface area contributed by atoms with E-state index < -0.39 is 0 Å². The van der Waals surface area contributed by atoms with E-state index in [-0.39, 0.29) is 11.4 Å². The number of anilines is 1. The fourth-order valence-electron chi connectivity index (χ4n) is 1.61. The quantitative estimate of drug-likeness (QED) is 0.781. The third-order valence-corrected chi connectivity index (χ3v) is 3.09.